The summed E-state index contributed by atoms with van der Waals surface area (Å²) in [4.78, 5) is 0. The first kappa shape index (κ1) is 13.1. The van der Waals surface area contributed by atoms with E-state index in [2.05, 4.69) is 40.9 Å². The van der Waals surface area contributed by atoms with Crippen LogP contribution in [0.2, 0.25) is 0 Å². The minimum atomic E-state index is 0.317. The molecule has 1 aromatic rings. The molecule has 3 rings (SSSR count). The number of nitrogens with one attached hydrogen (secondary N) is 1. The summed E-state index contributed by atoms with van der Waals surface area (Å²) < 4.78 is 2.31. The Balaban J connectivity index is 1.68. The lowest BCUT2D eigenvalue weighted by atomic mass is 9.80. The van der Waals surface area contributed by atoms with Crippen LogP contribution in [0.15, 0.2) is 0 Å². The average Bonchev–Trinajstić information content (AvgIpc) is 2.95. The summed E-state index contributed by atoms with van der Waals surface area (Å²) in [5.41, 5.74) is 0. The molecule has 106 valence electrons. The van der Waals surface area contributed by atoms with Gasteiger partial charge in [0.2, 0.25) is 0 Å². The summed E-state index contributed by atoms with van der Waals surface area (Å²) in [6, 6.07) is 0.949. The summed E-state index contributed by atoms with van der Waals surface area (Å²) in [6.07, 6.45) is 6.35. The van der Waals surface area contributed by atoms with Crippen LogP contribution in [0.5, 0.6) is 0 Å². The molecule has 4 atom stereocenters. The first-order valence-electron chi connectivity index (χ1n) is 7.83. The van der Waals surface area contributed by atoms with Crippen LogP contribution in [-0.2, 0) is 13.0 Å². The quantitative estimate of drug-likeness (QED) is 0.910. The van der Waals surface area contributed by atoms with Crippen molar-refractivity contribution in [3.05, 3.63) is 11.6 Å². The maximum atomic E-state index is 4.40. The van der Waals surface area contributed by atoms with Crippen molar-refractivity contribution in [2.45, 2.75) is 71.5 Å². The number of nitrogens with zero attached hydrogens (tertiary/aromatic N) is 3. The van der Waals surface area contributed by atoms with Crippen LogP contribution in [0.4, 0.5) is 0 Å². The number of aromatic nitrogens is 3. The van der Waals surface area contributed by atoms with Gasteiger partial charge in [-0.25, -0.2) is 0 Å². The second-order valence-corrected chi connectivity index (χ2v) is 6.62. The van der Waals surface area contributed by atoms with Gasteiger partial charge < -0.3 is 9.88 Å². The van der Waals surface area contributed by atoms with Gasteiger partial charge in [0.05, 0.1) is 6.04 Å². The van der Waals surface area contributed by atoms with Crippen LogP contribution < -0.4 is 5.32 Å². The molecule has 2 heterocycles. The van der Waals surface area contributed by atoms with Crippen molar-refractivity contribution in [3.8, 4) is 0 Å². The lowest BCUT2D eigenvalue weighted by Gasteiger charge is -2.35. The number of hydrogen-bond donors (Lipinski definition) is 1. The van der Waals surface area contributed by atoms with Crippen LogP contribution in [0.1, 0.15) is 64.1 Å². The van der Waals surface area contributed by atoms with Crippen LogP contribution in [0.3, 0.4) is 0 Å². The zero-order valence-corrected chi connectivity index (χ0v) is 12.4. The summed E-state index contributed by atoms with van der Waals surface area (Å²) in [5, 5.41) is 12.5. The van der Waals surface area contributed by atoms with E-state index in [0.29, 0.717) is 12.1 Å². The molecule has 0 amide bonds. The highest BCUT2D eigenvalue weighted by Gasteiger charge is 2.28. The Morgan fingerprint density at radius 3 is 2.95 bits per heavy atom. The molecule has 0 spiro atoms. The molecule has 1 N–H and O–H groups in total. The van der Waals surface area contributed by atoms with Gasteiger partial charge in [-0.05, 0) is 38.0 Å². The lowest BCUT2D eigenvalue weighted by Crippen LogP contribution is -2.41. The molecule has 1 fully saturated rings. The zero-order valence-electron chi connectivity index (χ0n) is 12.4. The van der Waals surface area contributed by atoms with Crippen LogP contribution in [0.25, 0.3) is 0 Å². The third-order valence-electron chi connectivity index (χ3n) is 4.95. The maximum absolute atomic E-state index is 4.40. The van der Waals surface area contributed by atoms with E-state index in [1.165, 1.54) is 31.5 Å². The summed E-state index contributed by atoms with van der Waals surface area (Å²) in [5.74, 6) is 3.94. The highest BCUT2D eigenvalue weighted by atomic mass is 15.3. The predicted octanol–water partition coefficient (Wildman–Crippen LogP) is 2.70. The van der Waals surface area contributed by atoms with Gasteiger partial charge in [-0.15, -0.1) is 10.2 Å². The fraction of sp³-hybridized carbons (Fsp3) is 0.867. The van der Waals surface area contributed by atoms with Gasteiger partial charge in [0, 0.05) is 19.0 Å². The van der Waals surface area contributed by atoms with E-state index in [1.807, 2.05) is 0 Å². The van der Waals surface area contributed by atoms with E-state index in [9.17, 15) is 0 Å². The van der Waals surface area contributed by atoms with Crippen molar-refractivity contribution in [2.24, 2.45) is 11.8 Å². The Labute approximate surface area is 116 Å². The molecule has 1 aromatic heterocycles. The van der Waals surface area contributed by atoms with Crippen LogP contribution in [-0.4, -0.2) is 20.8 Å². The second-order valence-electron chi connectivity index (χ2n) is 6.62. The monoisotopic (exact) mass is 262 g/mol. The number of fused-ring (bicyclic) bond motifs is 1. The molecule has 4 nitrogen and oxygen atoms in total. The molecule has 2 aliphatic rings. The average molecular weight is 262 g/mol. The van der Waals surface area contributed by atoms with Gasteiger partial charge in [-0.2, -0.15) is 0 Å². The van der Waals surface area contributed by atoms with Crippen molar-refractivity contribution < 1.29 is 0 Å². The van der Waals surface area contributed by atoms with E-state index in [4.69, 9.17) is 0 Å². The lowest BCUT2D eigenvalue weighted by molar-refractivity contribution is 0.213. The van der Waals surface area contributed by atoms with E-state index >= 15 is 0 Å². The number of aryl methyl sites for hydroxylation is 1. The topological polar surface area (TPSA) is 42.7 Å². The van der Waals surface area contributed by atoms with Gasteiger partial charge in [-0.3, -0.25) is 0 Å². The molecular formula is C15H26N4. The summed E-state index contributed by atoms with van der Waals surface area (Å²) in [7, 11) is 0. The second kappa shape index (κ2) is 5.23. The SMILES string of the molecule is CC1CCC(C)C(NC(C)c2nnc3n2CCC3)C1. The minimum absolute atomic E-state index is 0.317. The molecule has 0 radical (unpaired) electrons. The third-order valence-corrected chi connectivity index (χ3v) is 4.95. The third kappa shape index (κ3) is 2.55. The number of rotatable bonds is 3. The van der Waals surface area contributed by atoms with Gasteiger partial charge >= 0.3 is 0 Å². The first-order valence-corrected chi connectivity index (χ1v) is 7.83. The molecule has 1 aliphatic heterocycles. The molecule has 4 unspecified atom stereocenters. The Kier molecular flexibility index (Phi) is 3.61. The van der Waals surface area contributed by atoms with Crippen molar-refractivity contribution in [2.75, 3.05) is 0 Å². The highest BCUT2D eigenvalue weighted by molar-refractivity contribution is 5.04. The molecule has 4 heteroatoms. The Bertz CT molecular complexity index is 439. The maximum Gasteiger partial charge on any atom is 0.149 e. The molecule has 1 aliphatic carbocycles. The molecular weight excluding hydrogens is 236 g/mol. The number of hydrogen-bond acceptors (Lipinski definition) is 3. The first-order chi connectivity index (χ1) is 9.15. The highest BCUT2D eigenvalue weighted by Crippen LogP contribution is 2.30. The van der Waals surface area contributed by atoms with Crippen molar-refractivity contribution in [1.29, 1.82) is 0 Å². The summed E-state index contributed by atoms with van der Waals surface area (Å²) in [6.45, 7) is 8.09. The Morgan fingerprint density at radius 1 is 1.26 bits per heavy atom. The normalized spacial score (nSPS) is 32.3. The van der Waals surface area contributed by atoms with Crippen LogP contribution >= 0.6 is 0 Å². The Hall–Kier alpha value is -0.900. The van der Waals surface area contributed by atoms with Crippen molar-refractivity contribution in [3.63, 3.8) is 0 Å². The fourth-order valence-electron chi connectivity index (χ4n) is 3.65. The van der Waals surface area contributed by atoms with E-state index < -0.39 is 0 Å². The van der Waals surface area contributed by atoms with Gasteiger partial charge in [0.1, 0.15) is 11.6 Å². The predicted molar refractivity (Wildman–Crippen MR) is 75.9 cm³/mol. The molecule has 0 aromatic carbocycles. The smallest absolute Gasteiger partial charge is 0.149 e. The largest absolute Gasteiger partial charge is 0.314 e. The van der Waals surface area contributed by atoms with Crippen molar-refractivity contribution in [1.82, 2.24) is 20.1 Å². The molecule has 0 saturated heterocycles. The Morgan fingerprint density at radius 2 is 2.11 bits per heavy atom. The van der Waals surface area contributed by atoms with Gasteiger partial charge in [0.25, 0.3) is 0 Å². The van der Waals surface area contributed by atoms with Gasteiger partial charge in [-0.1, -0.05) is 20.3 Å². The van der Waals surface area contributed by atoms with Crippen molar-refractivity contribution >= 4 is 0 Å². The standard InChI is InChI=1S/C15H26N4/c1-10-6-7-11(2)13(9-10)16-12(3)15-18-17-14-5-4-8-19(14)15/h10-13,16H,4-9H2,1-3H3. The molecule has 19 heavy (non-hydrogen) atoms. The molecule has 1 saturated carbocycles. The van der Waals surface area contributed by atoms with E-state index in [-0.39, 0.29) is 0 Å². The summed E-state index contributed by atoms with van der Waals surface area (Å²) >= 11 is 0. The van der Waals surface area contributed by atoms with E-state index in [1.54, 1.807) is 0 Å². The van der Waals surface area contributed by atoms with Crippen LogP contribution in [0, 0.1) is 11.8 Å². The molecule has 0 bridgehead atoms. The zero-order chi connectivity index (χ0) is 13.4. The van der Waals surface area contributed by atoms with E-state index in [0.717, 1.165) is 30.6 Å². The minimum Gasteiger partial charge on any atom is -0.314 e. The fourth-order valence-corrected chi connectivity index (χ4v) is 3.65. The van der Waals surface area contributed by atoms with Gasteiger partial charge in [0.15, 0.2) is 0 Å².